The van der Waals surface area contributed by atoms with E-state index in [0.717, 1.165) is 16.2 Å². The molecule has 6 nitrogen and oxygen atoms in total. The van der Waals surface area contributed by atoms with E-state index in [1.807, 2.05) is 6.92 Å². The van der Waals surface area contributed by atoms with Gasteiger partial charge in [0.2, 0.25) is 10.0 Å². The van der Waals surface area contributed by atoms with Crippen LogP contribution < -0.4 is 15.8 Å². The molecule has 112 valence electrons. The van der Waals surface area contributed by atoms with E-state index in [1.54, 1.807) is 6.07 Å². The lowest BCUT2D eigenvalue weighted by Gasteiger charge is -2.07. The van der Waals surface area contributed by atoms with Crippen LogP contribution in [0.2, 0.25) is 0 Å². The molecule has 0 saturated carbocycles. The van der Waals surface area contributed by atoms with Crippen molar-refractivity contribution in [2.24, 2.45) is 10.1 Å². The highest BCUT2D eigenvalue weighted by molar-refractivity contribution is 14.0. The molecule has 0 aliphatic rings. The number of primary sulfonamides is 1. The fourth-order valence-corrected chi connectivity index (χ4v) is 2.93. The predicted molar refractivity (Wildman–Crippen MR) is 92.8 cm³/mol. The van der Waals surface area contributed by atoms with Crippen molar-refractivity contribution in [1.82, 2.24) is 10.6 Å². The molecule has 0 saturated heterocycles. The van der Waals surface area contributed by atoms with Gasteiger partial charge in [0.1, 0.15) is 4.21 Å². The van der Waals surface area contributed by atoms with Crippen molar-refractivity contribution < 1.29 is 8.42 Å². The van der Waals surface area contributed by atoms with Gasteiger partial charge in [-0.05, 0) is 19.1 Å². The number of nitrogens with one attached hydrogen (secondary N) is 2. The van der Waals surface area contributed by atoms with Crippen LogP contribution in [0.25, 0.3) is 0 Å². The molecule has 20 heavy (non-hydrogen) atoms. The van der Waals surface area contributed by atoms with Crippen molar-refractivity contribution in [1.29, 1.82) is 0 Å². The number of hydrogen-bond donors (Lipinski definition) is 3. The van der Waals surface area contributed by atoms with E-state index in [9.17, 15) is 8.42 Å². The van der Waals surface area contributed by atoms with Crippen molar-refractivity contribution in [3.63, 3.8) is 0 Å². The number of thiophene rings is 1. The predicted octanol–water partition coefficient (Wildman–Crippen LogP) is 0.702. The molecule has 0 amide bonds. The summed E-state index contributed by atoms with van der Waals surface area (Å²) in [5.41, 5.74) is 0. The average molecular weight is 428 g/mol. The monoisotopic (exact) mass is 428 g/mol. The summed E-state index contributed by atoms with van der Waals surface area (Å²) in [7, 11) is -3.63. The number of hydrogen-bond acceptors (Lipinski definition) is 4. The molecule has 1 aromatic heterocycles. The van der Waals surface area contributed by atoms with Crippen LogP contribution in [-0.4, -0.2) is 27.5 Å². The van der Waals surface area contributed by atoms with E-state index < -0.39 is 10.0 Å². The standard InChI is InChI=1S/C11H16N4O2S2.HI/c1-3-7-14-11(13-4-2)15-8-9-5-6-10(18-9)19(12,16)17;/h1,5-6H,4,7-8H2,2H3,(H2,12,16,17)(H2,13,14,15);1H. The van der Waals surface area contributed by atoms with Gasteiger partial charge in [0, 0.05) is 11.4 Å². The Morgan fingerprint density at radius 1 is 1.50 bits per heavy atom. The highest BCUT2D eigenvalue weighted by Crippen LogP contribution is 2.20. The summed E-state index contributed by atoms with van der Waals surface area (Å²) in [6, 6.07) is 3.17. The van der Waals surface area contributed by atoms with Gasteiger partial charge in [0.15, 0.2) is 5.96 Å². The molecule has 0 aliphatic carbocycles. The molecule has 0 radical (unpaired) electrons. The molecule has 9 heteroatoms. The molecule has 0 aliphatic heterocycles. The molecule has 4 N–H and O–H groups in total. The van der Waals surface area contributed by atoms with E-state index in [-0.39, 0.29) is 28.2 Å². The zero-order chi connectivity index (χ0) is 14.3. The third kappa shape index (κ3) is 6.56. The fraction of sp³-hybridized carbons (Fsp3) is 0.364. The Balaban J connectivity index is 0.00000361. The zero-order valence-corrected chi connectivity index (χ0v) is 14.9. The maximum atomic E-state index is 11.1. The van der Waals surface area contributed by atoms with Gasteiger partial charge in [-0.3, -0.25) is 0 Å². The Labute approximate surface area is 140 Å². The molecular formula is C11H17IN4O2S2. The molecule has 0 fully saturated rings. The van der Waals surface area contributed by atoms with E-state index in [4.69, 9.17) is 11.6 Å². The van der Waals surface area contributed by atoms with Crippen LogP contribution in [-0.2, 0) is 16.6 Å². The SMILES string of the molecule is C#CCNC(=NCc1ccc(S(N)(=O)=O)s1)NCC.I. The lowest BCUT2D eigenvalue weighted by Crippen LogP contribution is -2.37. The Morgan fingerprint density at radius 3 is 2.70 bits per heavy atom. The number of aliphatic imine (C=N–C) groups is 1. The number of nitrogens with two attached hydrogens (primary N) is 1. The number of terminal acetylenes is 1. The number of nitrogens with zero attached hydrogens (tertiary/aromatic N) is 1. The van der Waals surface area contributed by atoms with Crippen molar-refractivity contribution >= 4 is 51.3 Å². The number of halogens is 1. The topological polar surface area (TPSA) is 96.6 Å². The van der Waals surface area contributed by atoms with Gasteiger partial charge in [-0.25, -0.2) is 18.5 Å². The fourth-order valence-electron chi connectivity index (χ4n) is 1.23. The molecule has 1 heterocycles. The van der Waals surface area contributed by atoms with Gasteiger partial charge in [-0.15, -0.1) is 41.7 Å². The van der Waals surface area contributed by atoms with Crippen molar-refractivity contribution in [3.8, 4) is 12.3 Å². The summed E-state index contributed by atoms with van der Waals surface area (Å²) < 4.78 is 22.4. The third-order valence-corrected chi connectivity index (χ3v) is 4.52. The summed E-state index contributed by atoms with van der Waals surface area (Å²) in [5, 5.41) is 11.0. The first-order valence-electron chi connectivity index (χ1n) is 5.54. The van der Waals surface area contributed by atoms with Crippen LogP contribution in [0.1, 0.15) is 11.8 Å². The van der Waals surface area contributed by atoms with E-state index >= 15 is 0 Å². The Morgan fingerprint density at radius 2 is 2.20 bits per heavy atom. The molecule has 1 aromatic rings. The highest BCUT2D eigenvalue weighted by Gasteiger charge is 2.10. The minimum Gasteiger partial charge on any atom is -0.357 e. The van der Waals surface area contributed by atoms with Crippen LogP contribution in [0, 0.1) is 12.3 Å². The van der Waals surface area contributed by atoms with Gasteiger partial charge in [0.05, 0.1) is 13.1 Å². The summed E-state index contributed by atoms with van der Waals surface area (Å²) in [6.07, 6.45) is 5.16. The summed E-state index contributed by atoms with van der Waals surface area (Å²) in [6.45, 7) is 3.39. The number of guanidine groups is 1. The first kappa shape index (κ1) is 19.2. The summed E-state index contributed by atoms with van der Waals surface area (Å²) >= 11 is 1.11. The second kappa shape index (κ2) is 9.17. The number of rotatable bonds is 5. The van der Waals surface area contributed by atoms with Gasteiger partial charge < -0.3 is 10.6 Å². The molecule has 0 aromatic carbocycles. The van der Waals surface area contributed by atoms with Crippen LogP contribution in [0.5, 0.6) is 0 Å². The minimum absolute atomic E-state index is 0. The lowest BCUT2D eigenvalue weighted by molar-refractivity contribution is 0.600. The molecular weight excluding hydrogens is 411 g/mol. The minimum atomic E-state index is -3.63. The maximum Gasteiger partial charge on any atom is 0.247 e. The highest BCUT2D eigenvalue weighted by atomic mass is 127. The van der Waals surface area contributed by atoms with Crippen molar-refractivity contribution in [2.45, 2.75) is 17.7 Å². The van der Waals surface area contributed by atoms with E-state index in [2.05, 4.69) is 21.5 Å². The molecule has 0 unspecified atom stereocenters. The van der Waals surface area contributed by atoms with Gasteiger partial charge in [-0.2, -0.15) is 0 Å². The van der Waals surface area contributed by atoms with E-state index in [1.165, 1.54) is 6.07 Å². The Kier molecular flexibility index (Phi) is 8.79. The quantitative estimate of drug-likeness (QED) is 0.279. The summed E-state index contributed by atoms with van der Waals surface area (Å²) in [5.74, 6) is 3.04. The molecule has 1 rings (SSSR count). The van der Waals surface area contributed by atoms with Gasteiger partial charge >= 0.3 is 0 Å². The second-order valence-corrected chi connectivity index (χ2v) is 6.48. The largest absolute Gasteiger partial charge is 0.357 e. The maximum absolute atomic E-state index is 11.1. The van der Waals surface area contributed by atoms with Crippen molar-refractivity contribution in [2.75, 3.05) is 13.1 Å². The first-order valence-corrected chi connectivity index (χ1v) is 7.90. The zero-order valence-electron chi connectivity index (χ0n) is 10.9. The molecule has 0 bridgehead atoms. The molecule has 0 spiro atoms. The Hall–Kier alpha value is -0.830. The van der Waals surface area contributed by atoms with Gasteiger partial charge in [-0.1, -0.05) is 5.92 Å². The second-order valence-electron chi connectivity index (χ2n) is 3.52. The van der Waals surface area contributed by atoms with E-state index in [0.29, 0.717) is 25.6 Å². The molecule has 0 atom stereocenters. The average Bonchev–Trinajstić information content (AvgIpc) is 2.81. The Bertz CT molecular complexity index is 590. The smallest absolute Gasteiger partial charge is 0.247 e. The van der Waals surface area contributed by atoms with Crippen LogP contribution in [0.3, 0.4) is 0 Å². The summed E-state index contributed by atoms with van der Waals surface area (Å²) in [4.78, 5) is 5.10. The van der Waals surface area contributed by atoms with Gasteiger partial charge in [0.25, 0.3) is 0 Å². The number of sulfonamides is 1. The van der Waals surface area contributed by atoms with Crippen molar-refractivity contribution in [3.05, 3.63) is 17.0 Å². The normalized spacial score (nSPS) is 11.3. The first-order chi connectivity index (χ1) is 8.97. The van der Waals surface area contributed by atoms with Crippen LogP contribution in [0.4, 0.5) is 0 Å². The van der Waals surface area contributed by atoms with Crippen LogP contribution >= 0.6 is 35.3 Å². The third-order valence-electron chi connectivity index (χ3n) is 2.01. The van der Waals surface area contributed by atoms with Crippen LogP contribution in [0.15, 0.2) is 21.3 Å². The lowest BCUT2D eigenvalue weighted by atomic mass is 10.5.